The van der Waals surface area contributed by atoms with Gasteiger partial charge in [0.1, 0.15) is 23.2 Å². The Morgan fingerprint density at radius 1 is 1.14 bits per heavy atom. The van der Waals surface area contributed by atoms with E-state index in [2.05, 4.69) is 5.32 Å². The Hall–Kier alpha value is -3.89. The van der Waals surface area contributed by atoms with Gasteiger partial charge >= 0.3 is 0 Å². The third kappa shape index (κ3) is 4.26. The van der Waals surface area contributed by atoms with Crippen LogP contribution in [0.5, 0.6) is 0 Å². The van der Waals surface area contributed by atoms with Crippen molar-refractivity contribution < 1.29 is 14.1 Å². The Kier molecular flexibility index (Phi) is 5.53. The summed E-state index contributed by atoms with van der Waals surface area (Å²) in [6, 6.07) is 17.5. The van der Waals surface area contributed by atoms with Gasteiger partial charge in [-0.05, 0) is 42.5 Å². The van der Waals surface area contributed by atoms with E-state index in [9.17, 15) is 20.2 Å². The van der Waals surface area contributed by atoms with Gasteiger partial charge in [0.25, 0.3) is 11.6 Å². The molecule has 0 radical (unpaired) electrons. The van der Waals surface area contributed by atoms with Crippen LogP contribution in [0.4, 0.5) is 11.4 Å². The molecule has 0 atom stereocenters. The number of hydrogen-bond acceptors (Lipinski definition) is 5. The Bertz CT molecular complexity index is 1110. The number of nitro groups is 1. The first kappa shape index (κ1) is 18.9. The molecule has 0 unspecified atom stereocenters. The predicted octanol–water partition coefficient (Wildman–Crippen LogP) is 5.05. The van der Waals surface area contributed by atoms with Gasteiger partial charge in [-0.1, -0.05) is 23.7 Å². The molecule has 7 nitrogen and oxygen atoms in total. The van der Waals surface area contributed by atoms with E-state index in [1.165, 1.54) is 18.2 Å². The van der Waals surface area contributed by atoms with E-state index < -0.39 is 10.8 Å². The average Bonchev–Trinajstić information content (AvgIpc) is 3.16. The molecule has 0 aliphatic rings. The molecule has 1 amide bonds. The molecule has 0 spiro atoms. The minimum absolute atomic E-state index is 0.103. The number of nitrogens with zero attached hydrogens (tertiary/aromatic N) is 2. The zero-order valence-electron chi connectivity index (χ0n) is 14.3. The number of para-hydroxylation sites is 1. The van der Waals surface area contributed by atoms with Crippen LogP contribution in [0.2, 0.25) is 5.02 Å². The summed E-state index contributed by atoms with van der Waals surface area (Å²) < 4.78 is 5.58. The highest BCUT2D eigenvalue weighted by atomic mass is 35.5. The summed E-state index contributed by atoms with van der Waals surface area (Å²) in [7, 11) is 0. The number of benzene rings is 2. The van der Waals surface area contributed by atoms with Crippen molar-refractivity contribution in [3.8, 4) is 17.4 Å². The number of carbonyl (C=O) groups excluding carboxylic acids is 1. The van der Waals surface area contributed by atoms with E-state index in [0.717, 1.165) is 0 Å². The van der Waals surface area contributed by atoms with Crippen LogP contribution in [-0.2, 0) is 4.79 Å². The number of nitrogens with one attached hydrogen (secondary N) is 1. The van der Waals surface area contributed by atoms with Crippen LogP contribution in [0.1, 0.15) is 5.76 Å². The highest BCUT2D eigenvalue weighted by Crippen LogP contribution is 2.31. The van der Waals surface area contributed by atoms with E-state index in [0.29, 0.717) is 16.3 Å². The number of halogens is 1. The number of amides is 1. The summed E-state index contributed by atoms with van der Waals surface area (Å²) in [6.07, 6.45) is 1.27. The number of rotatable bonds is 5. The maximum absolute atomic E-state index is 12.3. The Morgan fingerprint density at radius 2 is 1.86 bits per heavy atom. The van der Waals surface area contributed by atoms with Crippen molar-refractivity contribution >= 4 is 35.0 Å². The molecule has 138 valence electrons. The molecular weight excluding hydrogens is 382 g/mol. The summed E-state index contributed by atoms with van der Waals surface area (Å²) >= 11 is 5.80. The third-order valence-electron chi connectivity index (χ3n) is 3.75. The smallest absolute Gasteiger partial charge is 0.280 e. The quantitative estimate of drug-likeness (QED) is 0.282. The number of nitro benzene ring substituents is 1. The second-order valence-electron chi connectivity index (χ2n) is 5.61. The minimum Gasteiger partial charge on any atom is -0.456 e. The minimum atomic E-state index is -0.617. The van der Waals surface area contributed by atoms with Crippen molar-refractivity contribution in [2.75, 3.05) is 5.32 Å². The average molecular weight is 394 g/mol. The number of hydrogen-bond donors (Lipinski definition) is 1. The molecular formula is C20H12ClN3O4. The van der Waals surface area contributed by atoms with Crippen molar-refractivity contribution in [3.05, 3.63) is 87.1 Å². The van der Waals surface area contributed by atoms with Crippen LogP contribution >= 0.6 is 11.6 Å². The fourth-order valence-corrected chi connectivity index (χ4v) is 2.56. The lowest BCUT2D eigenvalue weighted by molar-refractivity contribution is -0.384. The van der Waals surface area contributed by atoms with Gasteiger partial charge in [0, 0.05) is 22.9 Å². The van der Waals surface area contributed by atoms with Gasteiger partial charge in [-0.15, -0.1) is 0 Å². The first-order chi connectivity index (χ1) is 13.5. The summed E-state index contributed by atoms with van der Waals surface area (Å²) in [5, 5.41) is 23.6. The first-order valence-corrected chi connectivity index (χ1v) is 8.38. The van der Waals surface area contributed by atoms with Crippen LogP contribution in [-0.4, -0.2) is 10.8 Å². The zero-order chi connectivity index (χ0) is 20.1. The Labute approximate surface area is 164 Å². The second-order valence-corrected chi connectivity index (χ2v) is 6.04. The molecule has 0 aliphatic heterocycles. The molecule has 0 fully saturated rings. The van der Waals surface area contributed by atoms with Crippen LogP contribution in [0, 0.1) is 21.4 Å². The highest BCUT2D eigenvalue weighted by molar-refractivity contribution is 6.30. The Balaban J connectivity index is 1.85. The largest absolute Gasteiger partial charge is 0.456 e. The second kappa shape index (κ2) is 8.20. The third-order valence-corrected chi connectivity index (χ3v) is 4.00. The molecule has 0 saturated heterocycles. The van der Waals surface area contributed by atoms with Gasteiger partial charge in [-0.2, -0.15) is 5.26 Å². The van der Waals surface area contributed by atoms with Gasteiger partial charge in [0.15, 0.2) is 0 Å². The van der Waals surface area contributed by atoms with Gasteiger partial charge in [0.05, 0.1) is 10.5 Å². The van der Waals surface area contributed by atoms with E-state index in [4.69, 9.17) is 16.0 Å². The van der Waals surface area contributed by atoms with Crippen LogP contribution in [0.25, 0.3) is 17.4 Å². The lowest BCUT2D eigenvalue weighted by atomic mass is 10.1. The number of anilines is 1. The van der Waals surface area contributed by atoms with Crippen LogP contribution < -0.4 is 5.32 Å². The Morgan fingerprint density at radius 3 is 2.54 bits per heavy atom. The van der Waals surface area contributed by atoms with Gasteiger partial charge in [-0.25, -0.2) is 0 Å². The highest BCUT2D eigenvalue weighted by Gasteiger charge is 2.17. The molecule has 8 heteroatoms. The van der Waals surface area contributed by atoms with Crippen LogP contribution in [0.15, 0.2) is 70.7 Å². The fraction of sp³-hybridized carbons (Fsp3) is 0. The van der Waals surface area contributed by atoms with Crippen molar-refractivity contribution in [1.82, 2.24) is 0 Å². The number of furan rings is 1. The molecule has 1 N–H and O–H groups in total. The van der Waals surface area contributed by atoms with Gasteiger partial charge in [-0.3, -0.25) is 14.9 Å². The van der Waals surface area contributed by atoms with Crippen LogP contribution in [0.3, 0.4) is 0 Å². The van der Waals surface area contributed by atoms with E-state index >= 15 is 0 Å². The van der Waals surface area contributed by atoms with E-state index in [1.807, 2.05) is 6.07 Å². The number of nitriles is 1. The molecule has 0 bridgehead atoms. The van der Waals surface area contributed by atoms with Gasteiger partial charge < -0.3 is 9.73 Å². The van der Waals surface area contributed by atoms with E-state index in [-0.39, 0.29) is 22.8 Å². The zero-order valence-corrected chi connectivity index (χ0v) is 15.0. The van der Waals surface area contributed by atoms with Crippen molar-refractivity contribution in [2.45, 2.75) is 0 Å². The standard InChI is InChI=1S/C20H12ClN3O4/c21-14-5-7-15(8-6-14)23-20(25)13(12-22)11-16-9-10-19(28-16)17-3-1-2-4-18(17)24(26)27/h1-11H,(H,23,25)/b13-11+. The van der Waals surface area contributed by atoms with Crippen molar-refractivity contribution in [3.63, 3.8) is 0 Å². The predicted molar refractivity (Wildman–Crippen MR) is 104 cm³/mol. The molecule has 28 heavy (non-hydrogen) atoms. The summed E-state index contributed by atoms with van der Waals surface area (Å²) in [5.41, 5.74) is 0.499. The first-order valence-electron chi connectivity index (χ1n) is 8.00. The molecule has 0 aliphatic carbocycles. The fourth-order valence-electron chi connectivity index (χ4n) is 2.44. The lowest BCUT2D eigenvalue weighted by Gasteiger charge is -2.03. The molecule has 1 aromatic heterocycles. The molecule has 0 saturated carbocycles. The van der Waals surface area contributed by atoms with Crippen molar-refractivity contribution in [2.24, 2.45) is 0 Å². The summed E-state index contributed by atoms with van der Waals surface area (Å²) in [6.45, 7) is 0. The lowest BCUT2D eigenvalue weighted by Crippen LogP contribution is -2.13. The SMILES string of the molecule is N#C/C(=C\c1ccc(-c2ccccc2[N+](=O)[O-])o1)C(=O)Nc1ccc(Cl)cc1. The maximum atomic E-state index is 12.3. The summed E-state index contributed by atoms with van der Waals surface area (Å²) in [4.78, 5) is 22.9. The maximum Gasteiger partial charge on any atom is 0.280 e. The topological polar surface area (TPSA) is 109 Å². The normalized spacial score (nSPS) is 10.9. The molecule has 2 aromatic carbocycles. The number of carbonyl (C=O) groups is 1. The summed E-state index contributed by atoms with van der Waals surface area (Å²) in [5.74, 6) is -0.140. The van der Waals surface area contributed by atoms with Crippen molar-refractivity contribution in [1.29, 1.82) is 5.26 Å². The molecule has 3 aromatic rings. The molecule has 3 rings (SSSR count). The monoisotopic (exact) mass is 393 g/mol. The van der Waals surface area contributed by atoms with E-state index in [1.54, 1.807) is 48.5 Å². The van der Waals surface area contributed by atoms with Gasteiger partial charge in [0.2, 0.25) is 0 Å². The molecule has 1 heterocycles.